The lowest BCUT2D eigenvalue weighted by atomic mass is 10.0. The first-order chi connectivity index (χ1) is 14.6. The molecule has 1 aromatic heterocycles. The fourth-order valence-corrected chi connectivity index (χ4v) is 3.05. The Morgan fingerprint density at radius 2 is 1.77 bits per heavy atom. The summed E-state index contributed by atoms with van der Waals surface area (Å²) in [6.07, 6.45) is 3.10. The van der Waals surface area contributed by atoms with E-state index in [2.05, 4.69) is 10.3 Å². The minimum atomic E-state index is -0.536. The van der Waals surface area contributed by atoms with Gasteiger partial charge in [-0.1, -0.05) is 42.5 Å². The Hall–Kier alpha value is -3.67. The Morgan fingerprint density at radius 3 is 2.50 bits per heavy atom. The van der Waals surface area contributed by atoms with Crippen molar-refractivity contribution in [3.8, 4) is 5.75 Å². The molecule has 154 valence electrons. The van der Waals surface area contributed by atoms with E-state index in [1.54, 1.807) is 24.4 Å². The van der Waals surface area contributed by atoms with Crippen molar-refractivity contribution in [3.05, 3.63) is 95.3 Å². The molecule has 30 heavy (non-hydrogen) atoms. The maximum atomic E-state index is 12.1. The van der Waals surface area contributed by atoms with Crippen molar-refractivity contribution in [3.63, 3.8) is 0 Å². The Kier molecular flexibility index (Phi) is 7.55. The third-order valence-electron chi connectivity index (χ3n) is 4.65. The molecule has 0 unspecified atom stereocenters. The number of pyridine rings is 1. The van der Waals surface area contributed by atoms with Gasteiger partial charge in [-0.25, -0.2) is 0 Å². The zero-order valence-corrected chi connectivity index (χ0v) is 16.7. The molecule has 2 amide bonds. The predicted molar refractivity (Wildman–Crippen MR) is 115 cm³/mol. The molecule has 0 atom stereocenters. The van der Waals surface area contributed by atoms with Crippen LogP contribution in [0.25, 0.3) is 0 Å². The first-order valence-corrected chi connectivity index (χ1v) is 9.88. The largest absolute Gasteiger partial charge is 0.489 e. The van der Waals surface area contributed by atoms with Gasteiger partial charge in [0, 0.05) is 36.8 Å². The summed E-state index contributed by atoms with van der Waals surface area (Å²) in [5.41, 5.74) is 8.61. The van der Waals surface area contributed by atoms with Gasteiger partial charge in [0.15, 0.2) is 0 Å². The summed E-state index contributed by atoms with van der Waals surface area (Å²) in [5.74, 6) is -0.0484. The quantitative estimate of drug-likeness (QED) is 0.544. The predicted octanol–water partition coefficient (Wildman–Crippen LogP) is 3.05. The lowest BCUT2D eigenvalue weighted by Crippen LogP contribution is -2.26. The van der Waals surface area contributed by atoms with E-state index >= 15 is 0 Å². The third kappa shape index (κ3) is 6.44. The van der Waals surface area contributed by atoms with Crippen LogP contribution in [0.4, 0.5) is 0 Å². The van der Waals surface area contributed by atoms with Crippen LogP contribution in [0.5, 0.6) is 5.75 Å². The van der Waals surface area contributed by atoms with Gasteiger partial charge in [0.2, 0.25) is 11.8 Å². The number of aryl methyl sites for hydroxylation is 1. The van der Waals surface area contributed by atoms with E-state index in [1.807, 2.05) is 48.5 Å². The number of hydrogen-bond acceptors (Lipinski definition) is 4. The van der Waals surface area contributed by atoms with E-state index in [0.29, 0.717) is 37.3 Å². The average Bonchev–Trinajstić information content (AvgIpc) is 2.78. The van der Waals surface area contributed by atoms with Gasteiger partial charge in [0.1, 0.15) is 12.4 Å². The standard InChI is InChI=1S/C24H25N3O3/c25-24(29)22-16-21(30-17-18-6-2-1-3-7-18)11-9-19(22)10-12-23(28)27-15-13-20-8-4-5-14-26-20/h1-9,11,14,16H,10,12-13,15,17H2,(H2,25,29)(H,27,28). The second kappa shape index (κ2) is 10.8. The number of amides is 2. The number of aromatic nitrogens is 1. The van der Waals surface area contributed by atoms with E-state index in [0.717, 1.165) is 16.8 Å². The molecule has 0 aliphatic heterocycles. The van der Waals surface area contributed by atoms with Crippen LogP contribution in [0.15, 0.2) is 72.9 Å². The normalized spacial score (nSPS) is 10.4. The van der Waals surface area contributed by atoms with Crippen LogP contribution < -0.4 is 15.8 Å². The first kappa shape index (κ1) is 21.0. The molecule has 0 spiro atoms. The molecule has 3 N–H and O–H groups in total. The molecule has 3 aromatic rings. The monoisotopic (exact) mass is 403 g/mol. The smallest absolute Gasteiger partial charge is 0.249 e. The molecule has 0 aliphatic carbocycles. The average molecular weight is 403 g/mol. The molecule has 0 aliphatic rings. The van der Waals surface area contributed by atoms with Crippen molar-refractivity contribution < 1.29 is 14.3 Å². The topological polar surface area (TPSA) is 94.3 Å². The summed E-state index contributed by atoms with van der Waals surface area (Å²) in [4.78, 5) is 28.3. The molecular formula is C24H25N3O3. The lowest BCUT2D eigenvalue weighted by molar-refractivity contribution is -0.121. The van der Waals surface area contributed by atoms with Gasteiger partial charge in [-0.3, -0.25) is 14.6 Å². The van der Waals surface area contributed by atoms with Gasteiger partial charge in [-0.15, -0.1) is 0 Å². The van der Waals surface area contributed by atoms with Crippen LogP contribution in [-0.2, 0) is 24.2 Å². The van der Waals surface area contributed by atoms with E-state index in [-0.39, 0.29) is 12.3 Å². The van der Waals surface area contributed by atoms with Gasteiger partial charge in [0.25, 0.3) is 0 Å². The number of nitrogens with one attached hydrogen (secondary N) is 1. The number of carbonyl (C=O) groups is 2. The van der Waals surface area contributed by atoms with Crippen molar-refractivity contribution in [2.24, 2.45) is 5.73 Å². The third-order valence-corrected chi connectivity index (χ3v) is 4.65. The number of nitrogens with zero attached hydrogens (tertiary/aromatic N) is 1. The van der Waals surface area contributed by atoms with Crippen molar-refractivity contribution in [1.29, 1.82) is 0 Å². The summed E-state index contributed by atoms with van der Waals surface area (Å²) in [7, 11) is 0. The van der Waals surface area contributed by atoms with Crippen molar-refractivity contribution in [2.45, 2.75) is 25.9 Å². The zero-order chi connectivity index (χ0) is 21.2. The van der Waals surface area contributed by atoms with E-state index in [1.165, 1.54) is 0 Å². The molecule has 1 heterocycles. The molecular weight excluding hydrogens is 378 g/mol. The summed E-state index contributed by atoms with van der Waals surface area (Å²) in [6.45, 7) is 0.919. The number of hydrogen-bond donors (Lipinski definition) is 2. The molecule has 0 fully saturated rings. The van der Waals surface area contributed by atoms with Crippen LogP contribution in [0.1, 0.15) is 33.6 Å². The van der Waals surface area contributed by atoms with Crippen LogP contribution in [0, 0.1) is 0 Å². The van der Waals surface area contributed by atoms with E-state index in [4.69, 9.17) is 10.5 Å². The number of nitrogens with two attached hydrogens (primary N) is 1. The van der Waals surface area contributed by atoms with E-state index < -0.39 is 5.91 Å². The lowest BCUT2D eigenvalue weighted by Gasteiger charge is -2.11. The number of rotatable bonds is 10. The Morgan fingerprint density at radius 1 is 0.967 bits per heavy atom. The fourth-order valence-electron chi connectivity index (χ4n) is 3.05. The zero-order valence-electron chi connectivity index (χ0n) is 16.7. The highest BCUT2D eigenvalue weighted by atomic mass is 16.5. The second-order valence-electron chi connectivity index (χ2n) is 6.88. The van der Waals surface area contributed by atoms with Crippen molar-refractivity contribution in [2.75, 3.05) is 6.54 Å². The minimum absolute atomic E-state index is 0.0780. The summed E-state index contributed by atoms with van der Waals surface area (Å²) >= 11 is 0. The number of primary amides is 1. The van der Waals surface area contributed by atoms with Gasteiger partial charge < -0.3 is 15.8 Å². The molecule has 2 aromatic carbocycles. The molecule has 0 saturated carbocycles. The molecule has 0 bridgehead atoms. The summed E-state index contributed by atoms with van der Waals surface area (Å²) in [5, 5.41) is 2.88. The van der Waals surface area contributed by atoms with Crippen molar-refractivity contribution >= 4 is 11.8 Å². The van der Waals surface area contributed by atoms with Gasteiger partial charge in [0.05, 0.1) is 0 Å². The highest BCUT2D eigenvalue weighted by molar-refractivity contribution is 5.95. The Labute approximate surface area is 176 Å². The van der Waals surface area contributed by atoms with Crippen molar-refractivity contribution in [1.82, 2.24) is 10.3 Å². The van der Waals surface area contributed by atoms with Crippen LogP contribution in [0.2, 0.25) is 0 Å². The fraction of sp³-hybridized carbons (Fsp3) is 0.208. The van der Waals surface area contributed by atoms with Gasteiger partial charge >= 0.3 is 0 Å². The SMILES string of the molecule is NC(=O)c1cc(OCc2ccccc2)ccc1CCC(=O)NCCc1ccccn1. The number of benzene rings is 2. The minimum Gasteiger partial charge on any atom is -0.489 e. The Balaban J connectivity index is 1.51. The molecule has 0 saturated heterocycles. The highest BCUT2D eigenvalue weighted by Gasteiger charge is 2.12. The Bertz CT molecular complexity index is 976. The summed E-state index contributed by atoms with van der Waals surface area (Å²) < 4.78 is 5.77. The van der Waals surface area contributed by atoms with Gasteiger partial charge in [-0.2, -0.15) is 0 Å². The highest BCUT2D eigenvalue weighted by Crippen LogP contribution is 2.20. The maximum Gasteiger partial charge on any atom is 0.249 e. The first-order valence-electron chi connectivity index (χ1n) is 9.88. The molecule has 0 radical (unpaired) electrons. The second-order valence-corrected chi connectivity index (χ2v) is 6.88. The van der Waals surface area contributed by atoms with Crippen LogP contribution in [-0.4, -0.2) is 23.3 Å². The number of carbonyl (C=O) groups excluding carboxylic acids is 2. The van der Waals surface area contributed by atoms with Crippen LogP contribution in [0.3, 0.4) is 0 Å². The number of ether oxygens (including phenoxy) is 1. The molecule has 6 nitrogen and oxygen atoms in total. The summed E-state index contributed by atoms with van der Waals surface area (Å²) in [6, 6.07) is 20.7. The van der Waals surface area contributed by atoms with Gasteiger partial charge in [-0.05, 0) is 41.8 Å². The maximum absolute atomic E-state index is 12.1. The van der Waals surface area contributed by atoms with E-state index in [9.17, 15) is 9.59 Å². The van der Waals surface area contributed by atoms with Crippen LogP contribution >= 0.6 is 0 Å². The molecule has 3 rings (SSSR count). The molecule has 6 heteroatoms.